The van der Waals surface area contributed by atoms with Gasteiger partial charge in [-0.15, -0.1) is 0 Å². The molecule has 1 unspecified atom stereocenters. The fraction of sp³-hybridized carbons (Fsp3) is 0.118. The van der Waals surface area contributed by atoms with E-state index >= 15 is 0 Å². The van der Waals surface area contributed by atoms with Gasteiger partial charge in [-0.05, 0) is 23.8 Å². The van der Waals surface area contributed by atoms with Crippen LogP contribution in [0.4, 0.5) is 11.4 Å². The third kappa shape index (κ3) is 3.43. The maximum atomic E-state index is 11.1. The van der Waals surface area contributed by atoms with Gasteiger partial charge in [-0.25, -0.2) is 4.98 Å². The number of nitrogens with zero attached hydrogens (tertiary/aromatic N) is 3. The Kier molecular flexibility index (Phi) is 4.36. The van der Waals surface area contributed by atoms with Gasteiger partial charge >= 0.3 is 0 Å². The number of para-hydroxylation sites is 1. The first-order valence-corrected chi connectivity index (χ1v) is 7.41. The van der Waals surface area contributed by atoms with Crippen molar-refractivity contribution in [2.24, 2.45) is 0 Å². The molecule has 8 nitrogen and oxygen atoms in total. The van der Waals surface area contributed by atoms with Crippen LogP contribution in [0.1, 0.15) is 17.4 Å². The van der Waals surface area contributed by atoms with Crippen LogP contribution in [0.25, 0.3) is 10.9 Å². The van der Waals surface area contributed by atoms with Crippen molar-refractivity contribution < 1.29 is 15.0 Å². The molecule has 0 spiro atoms. The third-order valence-corrected chi connectivity index (χ3v) is 3.84. The molecular formula is C17H13N3O5. The maximum Gasteiger partial charge on any atom is 0.295 e. The van der Waals surface area contributed by atoms with Crippen molar-refractivity contribution in [3.05, 3.63) is 86.1 Å². The lowest BCUT2D eigenvalue weighted by Crippen LogP contribution is -2.04. The zero-order valence-corrected chi connectivity index (χ0v) is 12.9. The monoisotopic (exact) mass is 339 g/mol. The Morgan fingerprint density at radius 2 is 1.68 bits per heavy atom. The van der Waals surface area contributed by atoms with Crippen LogP contribution in [-0.4, -0.2) is 19.9 Å². The topological polar surface area (TPSA) is 119 Å². The Bertz CT molecular complexity index is 956. The number of pyridine rings is 1. The van der Waals surface area contributed by atoms with Gasteiger partial charge < -0.3 is 5.11 Å². The number of benzene rings is 2. The molecule has 0 aliphatic heterocycles. The Labute approximate surface area is 141 Å². The molecule has 0 aliphatic rings. The van der Waals surface area contributed by atoms with Gasteiger partial charge in [0, 0.05) is 35.7 Å². The van der Waals surface area contributed by atoms with Crippen molar-refractivity contribution >= 4 is 22.3 Å². The normalized spacial score (nSPS) is 12.0. The first-order valence-electron chi connectivity index (χ1n) is 7.41. The Morgan fingerprint density at radius 1 is 0.960 bits per heavy atom. The van der Waals surface area contributed by atoms with E-state index in [1.54, 1.807) is 24.3 Å². The van der Waals surface area contributed by atoms with Crippen molar-refractivity contribution in [1.82, 2.24) is 4.98 Å². The quantitative estimate of drug-likeness (QED) is 0.562. The zero-order valence-electron chi connectivity index (χ0n) is 12.9. The first kappa shape index (κ1) is 16.5. The summed E-state index contributed by atoms with van der Waals surface area (Å²) in [5.74, 6) is 0. The van der Waals surface area contributed by atoms with Crippen molar-refractivity contribution in [3.63, 3.8) is 0 Å². The first-order chi connectivity index (χ1) is 12.0. The molecule has 1 aromatic heterocycles. The summed E-state index contributed by atoms with van der Waals surface area (Å²) in [5, 5.41) is 32.7. The van der Waals surface area contributed by atoms with Crippen molar-refractivity contribution in [2.45, 2.75) is 12.5 Å². The highest BCUT2D eigenvalue weighted by molar-refractivity contribution is 5.87. The predicted octanol–water partition coefficient (Wildman–Crippen LogP) is 3.33. The van der Waals surface area contributed by atoms with E-state index in [0.717, 1.165) is 0 Å². The number of rotatable bonds is 5. The lowest BCUT2D eigenvalue weighted by molar-refractivity contribution is -0.384. The summed E-state index contributed by atoms with van der Waals surface area (Å²) >= 11 is 0. The average molecular weight is 339 g/mol. The van der Waals surface area contributed by atoms with E-state index in [1.165, 1.54) is 30.3 Å². The number of aliphatic hydroxyl groups is 1. The van der Waals surface area contributed by atoms with Gasteiger partial charge in [0.2, 0.25) is 0 Å². The summed E-state index contributed by atoms with van der Waals surface area (Å²) in [6, 6.07) is 13.7. The molecule has 0 aliphatic carbocycles. The largest absolute Gasteiger partial charge is 0.388 e. The van der Waals surface area contributed by atoms with Crippen molar-refractivity contribution in [1.29, 1.82) is 0 Å². The van der Waals surface area contributed by atoms with Gasteiger partial charge in [0.1, 0.15) is 5.52 Å². The molecule has 25 heavy (non-hydrogen) atoms. The summed E-state index contributed by atoms with van der Waals surface area (Å²) in [6.07, 6.45) is -0.784. The summed E-state index contributed by atoms with van der Waals surface area (Å²) in [7, 11) is 0. The SMILES string of the molecule is O=[N+]([O-])c1ccc(C(O)Cc2ccc3cccc([N+](=O)[O-])c3n2)cc1. The molecule has 8 heteroatoms. The van der Waals surface area contributed by atoms with Gasteiger partial charge in [0.15, 0.2) is 0 Å². The number of fused-ring (bicyclic) bond motifs is 1. The number of non-ortho nitro benzene ring substituents is 2. The minimum Gasteiger partial charge on any atom is -0.388 e. The minimum atomic E-state index is -0.923. The summed E-state index contributed by atoms with van der Waals surface area (Å²) in [4.78, 5) is 25.1. The lowest BCUT2D eigenvalue weighted by Gasteiger charge is -2.11. The molecule has 0 saturated carbocycles. The average Bonchev–Trinajstić information content (AvgIpc) is 2.61. The third-order valence-electron chi connectivity index (χ3n) is 3.84. The number of nitro groups is 2. The van der Waals surface area contributed by atoms with E-state index in [-0.39, 0.29) is 23.3 Å². The van der Waals surface area contributed by atoms with E-state index < -0.39 is 16.0 Å². The lowest BCUT2D eigenvalue weighted by atomic mass is 10.0. The number of hydrogen-bond acceptors (Lipinski definition) is 6. The molecule has 2 aromatic carbocycles. The molecule has 126 valence electrons. The second-order valence-electron chi connectivity index (χ2n) is 5.48. The summed E-state index contributed by atoms with van der Waals surface area (Å²) < 4.78 is 0. The Hall–Kier alpha value is -3.39. The van der Waals surface area contributed by atoms with Crippen molar-refractivity contribution in [2.75, 3.05) is 0 Å². The molecule has 0 bridgehead atoms. The predicted molar refractivity (Wildman–Crippen MR) is 90.2 cm³/mol. The smallest absolute Gasteiger partial charge is 0.295 e. The van der Waals surface area contributed by atoms with E-state index in [4.69, 9.17) is 0 Å². The van der Waals surface area contributed by atoms with Crippen LogP contribution in [0.5, 0.6) is 0 Å². The Balaban J connectivity index is 1.88. The van der Waals surface area contributed by atoms with Crippen LogP contribution in [0, 0.1) is 20.2 Å². The van der Waals surface area contributed by atoms with Gasteiger partial charge in [-0.1, -0.05) is 18.2 Å². The highest BCUT2D eigenvalue weighted by Gasteiger charge is 2.16. The van der Waals surface area contributed by atoms with E-state index in [1.807, 2.05) is 0 Å². The maximum absolute atomic E-state index is 11.1. The van der Waals surface area contributed by atoms with E-state index in [9.17, 15) is 25.3 Å². The van der Waals surface area contributed by atoms with Gasteiger partial charge in [-0.3, -0.25) is 20.2 Å². The van der Waals surface area contributed by atoms with Gasteiger partial charge in [0.05, 0.1) is 16.0 Å². The molecule has 0 saturated heterocycles. The number of aromatic nitrogens is 1. The molecule has 0 amide bonds. The molecule has 1 N–H and O–H groups in total. The molecule has 0 fully saturated rings. The van der Waals surface area contributed by atoms with Crippen molar-refractivity contribution in [3.8, 4) is 0 Å². The zero-order chi connectivity index (χ0) is 18.0. The molecule has 3 rings (SSSR count). The number of hydrogen-bond donors (Lipinski definition) is 1. The summed E-state index contributed by atoms with van der Waals surface area (Å²) in [6.45, 7) is 0. The second kappa shape index (κ2) is 6.62. The van der Waals surface area contributed by atoms with Crippen LogP contribution in [0.2, 0.25) is 0 Å². The molecular weight excluding hydrogens is 326 g/mol. The molecule has 0 radical (unpaired) electrons. The van der Waals surface area contributed by atoms with Gasteiger partial charge in [0.25, 0.3) is 11.4 Å². The van der Waals surface area contributed by atoms with Crippen LogP contribution in [0.15, 0.2) is 54.6 Å². The minimum absolute atomic E-state index is 0.0598. The summed E-state index contributed by atoms with van der Waals surface area (Å²) in [5.41, 5.74) is 1.11. The van der Waals surface area contributed by atoms with Crippen LogP contribution in [0.3, 0.4) is 0 Å². The second-order valence-corrected chi connectivity index (χ2v) is 5.48. The highest BCUT2D eigenvalue weighted by Crippen LogP contribution is 2.26. The number of nitro benzene ring substituents is 2. The van der Waals surface area contributed by atoms with Crippen LogP contribution in [-0.2, 0) is 6.42 Å². The fourth-order valence-corrected chi connectivity index (χ4v) is 2.57. The van der Waals surface area contributed by atoms with Gasteiger partial charge in [-0.2, -0.15) is 0 Å². The molecule has 3 aromatic rings. The van der Waals surface area contributed by atoms with Crippen LogP contribution < -0.4 is 0 Å². The molecule has 1 heterocycles. The van der Waals surface area contributed by atoms with Crippen LogP contribution >= 0.6 is 0 Å². The Morgan fingerprint density at radius 3 is 2.32 bits per heavy atom. The number of aliphatic hydroxyl groups excluding tert-OH is 1. The fourth-order valence-electron chi connectivity index (χ4n) is 2.57. The highest BCUT2D eigenvalue weighted by atomic mass is 16.6. The standard InChI is InChI=1S/C17H13N3O5/c21-16(11-5-8-14(9-6-11)19(22)23)10-13-7-4-12-2-1-3-15(20(24)25)17(12)18-13/h1-9,16,21H,10H2. The van der Waals surface area contributed by atoms with E-state index in [0.29, 0.717) is 16.6 Å². The molecule has 1 atom stereocenters. The van der Waals surface area contributed by atoms with E-state index in [2.05, 4.69) is 4.98 Å².